The van der Waals surface area contributed by atoms with E-state index in [2.05, 4.69) is 5.32 Å². The Morgan fingerprint density at radius 3 is 2.03 bits per heavy atom. The van der Waals surface area contributed by atoms with Crippen LogP contribution in [0.3, 0.4) is 0 Å². The SMILES string of the molecule is COc1cc(C(C)NC(=O)C2CCN(S(=O)(=O)c3ccc(C)cc3)CC2)cc(OC)c1OC. The van der Waals surface area contributed by atoms with Crippen molar-refractivity contribution < 1.29 is 27.4 Å². The van der Waals surface area contributed by atoms with Crippen molar-refractivity contribution in [3.8, 4) is 17.2 Å². The number of aryl methyl sites for hydroxylation is 1. The highest BCUT2D eigenvalue weighted by Crippen LogP contribution is 2.39. The van der Waals surface area contributed by atoms with Gasteiger partial charge in [0.05, 0.1) is 32.3 Å². The Labute approximate surface area is 195 Å². The maximum atomic E-state index is 12.9. The number of ether oxygens (including phenoxy) is 3. The summed E-state index contributed by atoms with van der Waals surface area (Å²) in [4.78, 5) is 13.2. The lowest BCUT2D eigenvalue weighted by Crippen LogP contribution is -2.43. The molecule has 0 radical (unpaired) electrons. The molecule has 8 nitrogen and oxygen atoms in total. The summed E-state index contributed by atoms with van der Waals surface area (Å²) in [6.45, 7) is 4.43. The third kappa shape index (κ3) is 5.42. The van der Waals surface area contributed by atoms with Gasteiger partial charge in [-0.1, -0.05) is 17.7 Å². The zero-order chi connectivity index (χ0) is 24.2. The molecule has 1 unspecified atom stereocenters. The smallest absolute Gasteiger partial charge is 0.243 e. The topological polar surface area (TPSA) is 94.2 Å². The molecule has 180 valence electrons. The van der Waals surface area contributed by atoms with Crippen LogP contribution in [-0.2, 0) is 14.8 Å². The number of sulfonamides is 1. The molecule has 0 aliphatic carbocycles. The lowest BCUT2D eigenvalue weighted by Gasteiger charge is -2.31. The summed E-state index contributed by atoms with van der Waals surface area (Å²) < 4.78 is 43.4. The molecule has 9 heteroatoms. The van der Waals surface area contributed by atoms with Crippen molar-refractivity contribution in [3.63, 3.8) is 0 Å². The summed E-state index contributed by atoms with van der Waals surface area (Å²) in [6.07, 6.45) is 0.942. The summed E-state index contributed by atoms with van der Waals surface area (Å²) >= 11 is 0. The number of carbonyl (C=O) groups excluding carboxylic acids is 1. The van der Waals surface area contributed by atoms with E-state index in [4.69, 9.17) is 14.2 Å². The Hall–Kier alpha value is -2.78. The fourth-order valence-corrected chi connectivity index (χ4v) is 5.45. The van der Waals surface area contributed by atoms with Gasteiger partial charge in [-0.2, -0.15) is 4.31 Å². The molecule has 1 fully saturated rings. The van der Waals surface area contributed by atoms with Crippen molar-refractivity contribution in [2.24, 2.45) is 5.92 Å². The zero-order valence-corrected chi connectivity index (χ0v) is 20.6. The average Bonchev–Trinajstić information content (AvgIpc) is 2.83. The lowest BCUT2D eigenvalue weighted by molar-refractivity contribution is -0.126. The van der Waals surface area contributed by atoms with E-state index in [0.29, 0.717) is 43.2 Å². The predicted octanol–water partition coefficient (Wildman–Crippen LogP) is 3.30. The van der Waals surface area contributed by atoms with Gasteiger partial charge in [-0.05, 0) is 56.5 Å². The summed E-state index contributed by atoms with van der Waals surface area (Å²) in [7, 11) is 1.07. The minimum atomic E-state index is -3.55. The third-order valence-electron chi connectivity index (χ3n) is 6.03. The Morgan fingerprint density at radius 2 is 1.55 bits per heavy atom. The van der Waals surface area contributed by atoms with Crippen LogP contribution in [0.15, 0.2) is 41.3 Å². The summed E-state index contributed by atoms with van der Waals surface area (Å²) in [6, 6.07) is 10.2. The number of methoxy groups -OCH3 is 3. The Morgan fingerprint density at radius 1 is 1.00 bits per heavy atom. The molecule has 1 N–H and O–H groups in total. The highest BCUT2D eigenvalue weighted by atomic mass is 32.2. The van der Waals surface area contributed by atoms with E-state index in [0.717, 1.165) is 11.1 Å². The minimum absolute atomic E-state index is 0.0939. The van der Waals surface area contributed by atoms with Crippen LogP contribution in [0.4, 0.5) is 0 Å². The molecule has 1 saturated heterocycles. The third-order valence-corrected chi connectivity index (χ3v) is 7.94. The van der Waals surface area contributed by atoms with Gasteiger partial charge in [-0.25, -0.2) is 8.42 Å². The van der Waals surface area contributed by atoms with Gasteiger partial charge < -0.3 is 19.5 Å². The molecule has 3 rings (SSSR count). The predicted molar refractivity (Wildman–Crippen MR) is 125 cm³/mol. The molecule has 1 amide bonds. The first-order chi connectivity index (χ1) is 15.7. The molecule has 2 aromatic rings. The Kier molecular flexibility index (Phi) is 7.86. The number of piperidine rings is 1. The molecular formula is C24H32N2O6S. The van der Waals surface area contributed by atoms with Crippen molar-refractivity contribution in [2.45, 2.75) is 37.6 Å². The van der Waals surface area contributed by atoms with Gasteiger partial charge in [0.2, 0.25) is 21.7 Å². The number of benzene rings is 2. The van der Waals surface area contributed by atoms with Gasteiger partial charge in [0.25, 0.3) is 0 Å². The normalized spacial score (nSPS) is 16.2. The van der Waals surface area contributed by atoms with Crippen LogP contribution in [0, 0.1) is 12.8 Å². The van der Waals surface area contributed by atoms with E-state index < -0.39 is 10.0 Å². The van der Waals surface area contributed by atoms with Gasteiger partial charge in [-0.15, -0.1) is 0 Å². The number of hydrogen-bond acceptors (Lipinski definition) is 6. The zero-order valence-electron chi connectivity index (χ0n) is 19.8. The first-order valence-electron chi connectivity index (χ1n) is 10.9. The maximum Gasteiger partial charge on any atom is 0.243 e. The molecule has 0 aromatic heterocycles. The highest BCUT2D eigenvalue weighted by molar-refractivity contribution is 7.89. The van der Waals surface area contributed by atoms with Gasteiger partial charge in [0.1, 0.15) is 0 Å². The van der Waals surface area contributed by atoms with Gasteiger partial charge in [-0.3, -0.25) is 4.79 Å². The van der Waals surface area contributed by atoms with Crippen LogP contribution in [0.2, 0.25) is 0 Å². The fourth-order valence-electron chi connectivity index (χ4n) is 3.98. The molecule has 33 heavy (non-hydrogen) atoms. The molecule has 0 bridgehead atoms. The van der Waals surface area contributed by atoms with E-state index in [1.807, 2.05) is 26.0 Å². The number of carbonyl (C=O) groups is 1. The molecule has 1 atom stereocenters. The van der Waals surface area contributed by atoms with Crippen molar-refractivity contribution >= 4 is 15.9 Å². The van der Waals surface area contributed by atoms with E-state index in [-0.39, 0.29) is 22.8 Å². The van der Waals surface area contributed by atoms with Crippen molar-refractivity contribution in [3.05, 3.63) is 47.5 Å². The molecule has 0 saturated carbocycles. The first-order valence-corrected chi connectivity index (χ1v) is 12.3. The van der Waals surface area contributed by atoms with Gasteiger partial charge in [0, 0.05) is 19.0 Å². The van der Waals surface area contributed by atoms with Crippen LogP contribution >= 0.6 is 0 Å². The molecule has 1 aliphatic heterocycles. The number of nitrogens with zero attached hydrogens (tertiary/aromatic N) is 1. The maximum absolute atomic E-state index is 12.9. The van der Waals surface area contributed by atoms with Crippen molar-refractivity contribution in [1.29, 1.82) is 0 Å². The fraction of sp³-hybridized carbons (Fsp3) is 0.458. The molecular weight excluding hydrogens is 444 g/mol. The number of rotatable bonds is 8. The molecule has 2 aromatic carbocycles. The van der Waals surface area contributed by atoms with E-state index in [1.54, 1.807) is 38.5 Å². The van der Waals surface area contributed by atoms with Crippen LogP contribution in [0.1, 0.15) is 36.9 Å². The number of hydrogen-bond donors (Lipinski definition) is 1. The Bertz CT molecular complexity index is 1050. The second-order valence-corrected chi connectivity index (χ2v) is 10.1. The van der Waals surface area contributed by atoms with Crippen molar-refractivity contribution in [1.82, 2.24) is 9.62 Å². The van der Waals surface area contributed by atoms with Gasteiger partial charge in [0.15, 0.2) is 11.5 Å². The minimum Gasteiger partial charge on any atom is -0.493 e. The quantitative estimate of drug-likeness (QED) is 0.628. The van der Waals surface area contributed by atoms with E-state index in [9.17, 15) is 13.2 Å². The second kappa shape index (κ2) is 10.4. The number of nitrogens with one attached hydrogen (secondary N) is 1. The molecule has 0 spiro atoms. The average molecular weight is 477 g/mol. The van der Waals surface area contributed by atoms with Crippen molar-refractivity contribution in [2.75, 3.05) is 34.4 Å². The first kappa shape index (κ1) is 24.9. The van der Waals surface area contributed by atoms with Crippen LogP contribution < -0.4 is 19.5 Å². The van der Waals surface area contributed by atoms with Crippen LogP contribution in [0.5, 0.6) is 17.2 Å². The monoisotopic (exact) mass is 476 g/mol. The largest absolute Gasteiger partial charge is 0.493 e. The second-order valence-electron chi connectivity index (χ2n) is 8.18. The van der Waals surface area contributed by atoms with Crippen LogP contribution in [0.25, 0.3) is 0 Å². The molecule has 1 aliphatic rings. The Balaban J connectivity index is 1.64. The summed E-state index contributed by atoms with van der Waals surface area (Å²) in [5.41, 5.74) is 1.82. The summed E-state index contributed by atoms with van der Waals surface area (Å²) in [5.74, 6) is 1.18. The highest BCUT2D eigenvalue weighted by Gasteiger charge is 2.32. The van der Waals surface area contributed by atoms with E-state index >= 15 is 0 Å². The van der Waals surface area contributed by atoms with Gasteiger partial charge >= 0.3 is 0 Å². The number of amides is 1. The molecule has 1 heterocycles. The van der Waals surface area contributed by atoms with Crippen LogP contribution in [-0.4, -0.2) is 53.0 Å². The lowest BCUT2D eigenvalue weighted by atomic mass is 9.96. The van der Waals surface area contributed by atoms with E-state index in [1.165, 1.54) is 11.4 Å². The summed E-state index contributed by atoms with van der Waals surface area (Å²) in [5, 5.41) is 3.04. The standard InChI is InChI=1S/C24H32N2O6S/c1-16-6-8-20(9-7-16)33(28,29)26-12-10-18(11-13-26)24(27)25-17(2)19-14-21(30-3)23(32-5)22(15-19)31-4/h6-9,14-15,17-18H,10-13H2,1-5H3,(H,25,27).